The SMILES string of the molecule is COCCN(C)c1ccc2[nH]c(-c3nc4ccccc4[nH]c3=O)cc2c1. The van der Waals surface area contributed by atoms with E-state index >= 15 is 0 Å². The average Bonchev–Trinajstić information content (AvgIpc) is 3.08. The standard InChI is InChI=1S/C20H20N4O2/c1-24(9-10-26-2)14-7-8-15-13(11-14)12-18(21-15)19-20(25)23-17-6-4-3-5-16(17)22-19/h3-8,11-12,21H,9-10H2,1-2H3,(H,23,25). The maximum atomic E-state index is 12.4. The Morgan fingerprint density at radius 2 is 1.92 bits per heavy atom. The second-order valence-corrected chi connectivity index (χ2v) is 6.30. The first-order valence-corrected chi connectivity index (χ1v) is 8.48. The van der Waals surface area contributed by atoms with Crippen molar-refractivity contribution in [1.29, 1.82) is 0 Å². The third-order valence-electron chi connectivity index (χ3n) is 4.53. The van der Waals surface area contributed by atoms with Crippen LogP contribution in [-0.4, -0.2) is 42.3 Å². The number of methoxy groups -OCH3 is 1. The van der Waals surface area contributed by atoms with Gasteiger partial charge >= 0.3 is 0 Å². The van der Waals surface area contributed by atoms with Crippen LogP contribution in [0.5, 0.6) is 0 Å². The van der Waals surface area contributed by atoms with Gasteiger partial charge in [0.1, 0.15) is 0 Å². The zero-order valence-electron chi connectivity index (χ0n) is 14.7. The number of H-pyrrole nitrogens is 2. The van der Waals surface area contributed by atoms with Crippen molar-refractivity contribution in [2.24, 2.45) is 0 Å². The Hall–Kier alpha value is -3.12. The second-order valence-electron chi connectivity index (χ2n) is 6.30. The van der Waals surface area contributed by atoms with Crippen LogP contribution in [-0.2, 0) is 4.74 Å². The molecule has 0 radical (unpaired) electrons. The van der Waals surface area contributed by atoms with Crippen molar-refractivity contribution in [2.45, 2.75) is 0 Å². The summed E-state index contributed by atoms with van der Waals surface area (Å²) in [6.45, 7) is 1.48. The van der Waals surface area contributed by atoms with E-state index in [0.717, 1.165) is 34.2 Å². The molecule has 0 saturated carbocycles. The molecule has 0 aliphatic carbocycles. The molecule has 2 N–H and O–H groups in total. The molecule has 0 amide bonds. The van der Waals surface area contributed by atoms with Gasteiger partial charge in [0.05, 0.1) is 23.3 Å². The molecule has 132 valence electrons. The van der Waals surface area contributed by atoms with E-state index in [0.29, 0.717) is 18.0 Å². The highest BCUT2D eigenvalue weighted by Crippen LogP contribution is 2.25. The number of nitrogens with one attached hydrogen (secondary N) is 2. The van der Waals surface area contributed by atoms with Crippen molar-refractivity contribution in [3.05, 3.63) is 58.9 Å². The van der Waals surface area contributed by atoms with Crippen LogP contribution in [0.15, 0.2) is 53.3 Å². The fourth-order valence-electron chi connectivity index (χ4n) is 3.05. The molecule has 2 aromatic heterocycles. The Bertz CT molecular complexity index is 1130. The van der Waals surface area contributed by atoms with Crippen molar-refractivity contribution in [1.82, 2.24) is 15.0 Å². The summed E-state index contributed by atoms with van der Waals surface area (Å²) in [5.74, 6) is 0. The fraction of sp³-hybridized carbons (Fsp3) is 0.200. The Balaban J connectivity index is 1.76. The molecule has 2 heterocycles. The van der Waals surface area contributed by atoms with Gasteiger partial charge in [0.25, 0.3) is 5.56 Å². The highest BCUT2D eigenvalue weighted by Gasteiger charge is 2.11. The molecule has 6 heteroatoms. The van der Waals surface area contributed by atoms with Gasteiger partial charge in [0, 0.05) is 37.3 Å². The van der Waals surface area contributed by atoms with E-state index in [4.69, 9.17) is 4.74 Å². The lowest BCUT2D eigenvalue weighted by molar-refractivity contribution is 0.206. The zero-order chi connectivity index (χ0) is 18.1. The summed E-state index contributed by atoms with van der Waals surface area (Å²) in [5, 5.41) is 1.04. The number of hydrogen-bond acceptors (Lipinski definition) is 4. The topological polar surface area (TPSA) is 74.0 Å². The molecule has 4 aromatic rings. The van der Waals surface area contributed by atoms with Crippen LogP contribution in [0.3, 0.4) is 0 Å². The predicted molar refractivity (Wildman–Crippen MR) is 105 cm³/mol. The highest BCUT2D eigenvalue weighted by molar-refractivity contribution is 5.88. The first-order chi connectivity index (χ1) is 12.7. The third-order valence-corrected chi connectivity index (χ3v) is 4.53. The van der Waals surface area contributed by atoms with Crippen molar-refractivity contribution in [3.8, 4) is 11.4 Å². The lowest BCUT2D eigenvalue weighted by Crippen LogP contribution is -2.21. The maximum absolute atomic E-state index is 12.4. The van der Waals surface area contributed by atoms with Crippen LogP contribution < -0.4 is 10.5 Å². The quantitative estimate of drug-likeness (QED) is 0.581. The lowest BCUT2D eigenvalue weighted by Gasteiger charge is -2.18. The van der Waals surface area contributed by atoms with Crippen LogP contribution in [0.1, 0.15) is 0 Å². The van der Waals surface area contributed by atoms with Gasteiger partial charge in [-0.2, -0.15) is 0 Å². The molecule has 0 fully saturated rings. The molecule has 26 heavy (non-hydrogen) atoms. The number of benzene rings is 2. The van der Waals surface area contributed by atoms with Crippen molar-refractivity contribution < 1.29 is 4.74 Å². The Labute approximate surface area is 150 Å². The summed E-state index contributed by atoms with van der Waals surface area (Å²) < 4.78 is 5.14. The van der Waals surface area contributed by atoms with Gasteiger partial charge < -0.3 is 19.6 Å². The Morgan fingerprint density at radius 3 is 2.77 bits per heavy atom. The number of hydrogen-bond donors (Lipinski definition) is 2. The normalized spacial score (nSPS) is 11.3. The number of aromatic amines is 2. The number of likely N-dealkylation sites (N-methyl/N-ethyl adjacent to an activating group) is 1. The molecular weight excluding hydrogens is 328 g/mol. The lowest BCUT2D eigenvalue weighted by atomic mass is 10.2. The predicted octanol–water partition coefficient (Wildman–Crippen LogP) is 3.15. The van der Waals surface area contributed by atoms with Crippen LogP contribution >= 0.6 is 0 Å². The summed E-state index contributed by atoms with van der Waals surface area (Å²) in [7, 11) is 3.73. The van der Waals surface area contributed by atoms with Gasteiger partial charge in [-0.3, -0.25) is 4.79 Å². The first kappa shape index (κ1) is 16.4. The van der Waals surface area contributed by atoms with Gasteiger partial charge in [-0.1, -0.05) is 12.1 Å². The zero-order valence-corrected chi connectivity index (χ0v) is 14.7. The number of para-hydroxylation sites is 2. The third kappa shape index (κ3) is 2.95. The van der Waals surface area contributed by atoms with E-state index in [1.807, 2.05) is 43.4 Å². The van der Waals surface area contributed by atoms with Crippen molar-refractivity contribution in [2.75, 3.05) is 32.2 Å². The average molecular weight is 348 g/mol. The minimum atomic E-state index is -0.201. The van der Waals surface area contributed by atoms with Gasteiger partial charge in [-0.25, -0.2) is 4.98 Å². The van der Waals surface area contributed by atoms with Crippen LogP contribution in [0.4, 0.5) is 5.69 Å². The maximum Gasteiger partial charge on any atom is 0.276 e. The Morgan fingerprint density at radius 1 is 1.08 bits per heavy atom. The molecule has 4 rings (SSSR count). The number of aromatic nitrogens is 3. The molecule has 6 nitrogen and oxygen atoms in total. The summed E-state index contributed by atoms with van der Waals surface area (Å²) in [6, 6.07) is 15.7. The smallest absolute Gasteiger partial charge is 0.276 e. The molecule has 2 aromatic carbocycles. The van der Waals surface area contributed by atoms with Gasteiger partial charge in [0.15, 0.2) is 5.69 Å². The van der Waals surface area contributed by atoms with Crippen LogP contribution in [0.25, 0.3) is 33.3 Å². The van der Waals surface area contributed by atoms with E-state index < -0.39 is 0 Å². The minimum Gasteiger partial charge on any atom is -0.383 e. The molecule has 0 saturated heterocycles. The summed E-state index contributed by atoms with van der Waals surface area (Å²) in [4.78, 5) is 25.3. The van der Waals surface area contributed by atoms with Crippen LogP contribution in [0, 0.1) is 0 Å². The molecule has 0 atom stereocenters. The second kappa shape index (κ2) is 6.65. The molecule has 0 aliphatic heterocycles. The summed E-state index contributed by atoms with van der Waals surface area (Å²) in [6.07, 6.45) is 0. The largest absolute Gasteiger partial charge is 0.383 e. The highest BCUT2D eigenvalue weighted by atomic mass is 16.5. The van der Waals surface area contributed by atoms with E-state index in [1.165, 1.54) is 0 Å². The molecular formula is C20H20N4O2. The number of anilines is 1. The number of rotatable bonds is 5. The first-order valence-electron chi connectivity index (χ1n) is 8.48. The van der Waals surface area contributed by atoms with Gasteiger partial charge in [0.2, 0.25) is 0 Å². The van der Waals surface area contributed by atoms with Crippen LogP contribution in [0.2, 0.25) is 0 Å². The summed E-state index contributed by atoms with van der Waals surface area (Å²) >= 11 is 0. The van der Waals surface area contributed by atoms with Crippen molar-refractivity contribution >= 4 is 27.6 Å². The Kier molecular flexibility index (Phi) is 4.18. The van der Waals surface area contributed by atoms with Crippen molar-refractivity contribution in [3.63, 3.8) is 0 Å². The van der Waals surface area contributed by atoms with E-state index in [1.54, 1.807) is 7.11 Å². The molecule has 0 bridgehead atoms. The fourth-order valence-corrected chi connectivity index (χ4v) is 3.05. The van der Waals surface area contributed by atoms with Gasteiger partial charge in [-0.05, 0) is 36.4 Å². The molecule has 0 aliphatic rings. The van der Waals surface area contributed by atoms with Gasteiger partial charge in [-0.15, -0.1) is 0 Å². The van der Waals surface area contributed by atoms with E-state index in [-0.39, 0.29) is 5.56 Å². The molecule has 0 unspecified atom stereocenters. The van der Waals surface area contributed by atoms with E-state index in [9.17, 15) is 4.79 Å². The summed E-state index contributed by atoms with van der Waals surface area (Å²) in [5.41, 5.74) is 4.48. The number of ether oxygens (including phenoxy) is 1. The molecule has 0 spiro atoms. The van der Waals surface area contributed by atoms with E-state index in [2.05, 4.69) is 32.0 Å². The number of fused-ring (bicyclic) bond motifs is 2. The minimum absolute atomic E-state index is 0.201. The number of nitrogens with zero attached hydrogens (tertiary/aromatic N) is 2. The monoisotopic (exact) mass is 348 g/mol.